The Morgan fingerprint density at radius 1 is 1.00 bits per heavy atom. The van der Waals surface area contributed by atoms with Crippen LogP contribution in [0.4, 0.5) is 24.5 Å². The molecule has 20 heteroatoms. The lowest BCUT2D eigenvalue weighted by molar-refractivity contribution is -0.136. The van der Waals surface area contributed by atoms with Crippen molar-refractivity contribution in [3.05, 3.63) is 106 Å². The second-order valence-electron chi connectivity index (χ2n) is 16.6. The van der Waals surface area contributed by atoms with Crippen molar-refractivity contribution in [3.63, 3.8) is 0 Å². The molecular weight excluding hydrogens is 870 g/mol. The summed E-state index contributed by atoms with van der Waals surface area (Å²) < 4.78 is 78.6. The highest BCUT2D eigenvalue weighted by Gasteiger charge is 2.41. The molecule has 3 aromatic carbocycles. The number of H-pyrrole nitrogens is 1. The van der Waals surface area contributed by atoms with Crippen molar-refractivity contribution in [2.24, 2.45) is 0 Å². The molecule has 0 bridgehead atoms. The topological polar surface area (TPSA) is 198 Å². The third kappa shape index (κ3) is 8.53. The average molecular weight is 915 g/mol. The fraction of sp³-hybridized carbons (Fsp3) is 0.356. The van der Waals surface area contributed by atoms with Crippen LogP contribution in [0.3, 0.4) is 0 Å². The summed E-state index contributed by atoms with van der Waals surface area (Å²) >= 11 is 0. The number of nitrogens with one attached hydrogen (secondary N) is 3. The lowest BCUT2D eigenvalue weighted by Gasteiger charge is -2.36. The second kappa shape index (κ2) is 17.6. The molecule has 3 fully saturated rings. The van der Waals surface area contributed by atoms with Gasteiger partial charge in [0.2, 0.25) is 17.6 Å². The van der Waals surface area contributed by atoms with Crippen LogP contribution in [0.25, 0.3) is 22.2 Å². The molecular formula is C45H45F3N8O8S. The molecule has 3 amide bonds. The zero-order valence-corrected chi connectivity index (χ0v) is 36.0. The molecule has 0 saturated carbocycles. The highest BCUT2D eigenvalue weighted by Crippen LogP contribution is 2.37. The first-order chi connectivity index (χ1) is 31.2. The molecule has 6 heterocycles. The van der Waals surface area contributed by atoms with E-state index < -0.39 is 69.6 Å². The number of aromatic amines is 1. The van der Waals surface area contributed by atoms with Gasteiger partial charge in [-0.3, -0.25) is 34.1 Å². The van der Waals surface area contributed by atoms with Crippen LogP contribution in [-0.4, -0.2) is 126 Å². The summed E-state index contributed by atoms with van der Waals surface area (Å²) in [4.78, 5) is 64.6. The van der Waals surface area contributed by atoms with Crippen LogP contribution in [0.15, 0.2) is 67.0 Å². The number of pyridine rings is 1. The summed E-state index contributed by atoms with van der Waals surface area (Å²) in [6.45, 7) is 3.24. The minimum absolute atomic E-state index is 0.00822. The first kappa shape index (κ1) is 43.9. The van der Waals surface area contributed by atoms with E-state index in [9.17, 15) is 37.1 Å². The fourth-order valence-electron chi connectivity index (χ4n) is 9.05. The van der Waals surface area contributed by atoms with Crippen LogP contribution in [0.5, 0.6) is 5.75 Å². The summed E-state index contributed by atoms with van der Waals surface area (Å²) in [6, 6.07) is 13.8. The maximum atomic E-state index is 15.8. The van der Waals surface area contributed by atoms with Crippen molar-refractivity contribution in [3.8, 4) is 16.9 Å². The van der Waals surface area contributed by atoms with Crippen LogP contribution in [0.1, 0.15) is 69.2 Å². The average Bonchev–Trinajstić information content (AvgIpc) is 4.03. The van der Waals surface area contributed by atoms with Crippen LogP contribution in [0, 0.1) is 11.6 Å². The number of amides is 3. The number of methoxy groups -OCH3 is 1. The number of piperidine rings is 1. The molecule has 5 aromatic rings. The molecule has 0 unspecified atom stereocenters. The number of aliphatic hydroxyl groups excluding tert-OH is 1. The Balaban J connectivity index is 0.818. The number of fused-ring (bicyclic) bond motifs is 2. The van der Waals surface area contributed by atoms with Gasteiger partial charge in [0.1, 0.15) is 29.4 Å². The monoisotopic (exact) mass is 914 g/mol. The first-order valence-electron chi connectivity index (χ1n) is 21.2. The molecule has 16 nitrogen and oxygen atoms in total. The van der Waals surface area contributed by atoms with Gasteiger partial charge in [-0.2, -0.15) is 12.7 Å². The predicted octanol–water partition coefficient (Wildman–Crippen LogP) is 4.45. The molecule has 2 aromatic heterocycles. The van der Waals surface area contributed by atoms with E-state index in [4.69, 9.17) is 4.74 Å². The molecule has 4 aliphatic rings. The lowest BCUT2D eigenvalue weighted by atomic mass is 9.99. The molecule has 340 valence electrons. The summed E-state index contributed by atoms with van der Waals surface area (Å²) in [5.74, 6) is -4.50. The number of alkyl halides is 1. The van der Waals surface area contributed by atoms with Crippen molar-refractivity contribution in [1.29, 1.82) is 0 Å². The molecule has 3 atom stereocenters. The lowest BCUT2D eigenvalue weighted by Crippen LogP contribution is -2.52. The van der Waals surface area contributed by atoms with Gasteiger partial charge in [-0.05, 0) is 72.4 Å². The van der Waals surface area contributed by atoms with E-state index in [1.165, 1.54) is 18.2 Å². The Bertz CT molecular complexity index is 2840. The molecule has 9 rings (SSSR count). The normalized spacial score (nSPS) is 20.0. The number of ketones is 1. The number of benzene rings is 3. The highest BCUT2D eigenvalue weighted by molar-refractivity contribution is 7.90. The maximum Gasteiger partial charge on any atom is 0.301 e. The van der Waals surface area contributed by atoms with Crippen molar-refractivity contribution in [2.75, 3.05) is 62.5 Å². The minimum atomic E-state index is -4.37. The third-order valence-corrected chi connectivity index (χ3v) is 14.1. The Kier molecular flexibility index (Phi) is 11.9. The zero-order valence-electron chi connectivity index (χ0n) is 35.2. The highest BCUT2D eigenvalue weighted by atomic mass is 32.2. The SMILES string of the molecule is COc1cc([C@H](O)CCN2CCN(c3ccc(-c4cnc5[nH]cc(C(=O)c6c(F)ccc(NS(=O)(=O)N7CC[C@@H](F)C7)c6F)c5c4)cc3)CC2)cc2c1C(=O)N([C@@H]1CCC(=O)NC1=O)C2. The van der Waals surface area contributed by atoms with Crippen LogP contribution >= 0.6 is 0 Å². The number of nitrogens with zero attached hydrogens (tertiary/aromatic N) is 5. The number of imide groups is 1. The third-order valence-electron chi connectivity index (χ3n) is 12.6. The van der Waals surface area contributed by atoms with E-state index in [-0.39, 0.29) is 49.7 Å². The Hall–Kier alpha value is -6.35. The number of carbonyl (C=O) groups excluding carboxylic acids is 4. The standard InChI is InChI=1S/C45H45F3N8O8S/c1-64-37-20-26(18-28-23-56(45(61)39(28)37)35-8-9-38(58)51-44(35)60)36(57)11-12-53-14-16-54(17-15-53)30-4-2-25(3-5-30)27-19-31-32(22-50-43(31)49-21-27)42(59)40-33(47)6-7-34(41(40)48)52-65(62,63)55-13-10-29(46)24-55/h2-7,18-22,29,35-36,52,57H,8-17,23-24H2,1H3,(H,49,50)(H,51,58,60)/t29-,35-,36-/m1/s1. The quantitative estimate of drug-likeness (QED) is 0.0962. The Morgan fingerprint density at radius 2 is 1.77 bits per heavy atom. The smallest absolute Gasteiger partial charge is 0.301 e. The number of aromatic nitrogens is 2. The number of hydrogen-bond acceptors (Lipinski definition) is 11. The van der Waals surface area contributed by atoms with Gasteiger partial charge in [-0.1, -0.05) is 18.2 Å². The Labute approximate surface area is 371 Å². The maximum absolute atomic E-state index is 15.8. The molecule has 0 spiro atoms. The van der Waals surface area contributed by atoms with Crippen molar-refractivity contribution in [2.45, 2.75) is 50.5 Å². The minimum Gasteiger partial charge on any atom is -0.496 e. The number of ether oxygens (including phenoxy) is 1. The van der Waals surface area contributed by atoms with E-state index in [1.807, 2.05) is 29.0 Å². The number of aliphatic hydroxyl groups is 1. The van der Waals surface area contributed by atoms with Crippen molar-refractivity contribution in [1.82, 2.24) is 29.4 Å². The molecule has 0 aliphatic carbocycles. The fourth-order valence-corrected chi connectivity index (χ4v) is 10.3. The number of anilines is 2. The molecule has 65 heavy (non-hydrogen) atoms. The van der Waals surface area contributed by atoms with Crippen LogP contribution in [-0.2, 0) is 26.3 Å². The number of hydrogen-bond donors (Lipinski definition) is 4. The van der Waals surface area contributed by atoms with E-state index in [0.717, 1.165) is 53.9 Å². The van der Waals surface area contributed by atoms with E-state index in [0.29, 0.717) is 52.0 Å². The zero-order chi connectivity index (χ0) is 45.7. The molecule has 4 N–H and O–H groups in total. The van der Waals surface area contributed by atoms with Crippen LogP contribution in [0.2, 0.25) is 0 Å². The van der Waals surface area contributed by atoms with Gasteiger partial charge in [-0.25, -0.2) is 18.2 Å². The summed E-state index contributed by atoms with van der Waals surface area (Å²) in [5, 5.41) is 13.9. The van der Waals surface area contributed by atoms with E-state index >= 15 is 8.78 Å². The van der Waals surface area contributed by atoms with Crippen molar-refractivity contribution < 1.29 is 50.6 Å². The van der Waals surface area contributed by atoms with Gasteiger partial charge >= 0.3 is 10.2 Å². The second-order valence-corrected chi connectivity index (χ2v) is 18.3. The number of piperazine rings is 1. The summed E-state index contributed by atoms with van der Waals surface area (Å²) in [6.07, 6.45) is 1.54. The van der Waals surface area contributed by atoms with Crippen molar-refractivity contribution >= 4 is 56.1 Å². The molecule has 3 saturated heterocycles. The number of rotatable bonds is 13. The van der Waals surface area contributed by atoms with Gasteiger partial charge in [0, 0.05) is 93.4 Å². The first-order valence-corrected chi connectivity index (χ1v) is 22.7. The summed E-state index contributed by atoms with van der Waals surface area (Å²) in [5.41, 5.74) is 2.65. The number of carbonyl (C=O) groups is 4. The van der Waals surface area contributed by atoms with E-state index in [1.54, 1.807) is 24.4 Å². The van der Waals surface area contributed by atoms with Gasteiger partial charge in [0.15, 0.2) is 5.82 Å². The van der Waals surface area contributed by atoms with Gasteiger partial charge in [0.05, 0.1) is 30.0 Å². The largest absolute Gasteiger partial charge is 0.496 e. The molecule has 4 aliphatic heterocycles. The van der Waals surface area contributed by atoms with Gasteiger partial charge in [0.25, 0.3) is 5.91 Å². The van der Waals surface area contributed by atoms with Gasteiger partial charge in [-0.15, -0.1) is 0 Å². The predicted molar refractivity (Wildman–Crippen MR) is 232 cm³/mol. The van der Waals surface area contributed by atoms with Gasteiger partial charge < -0.3 is 24.6 Å². The molecule has 0 radical (unpaired) electrons. The van der Waals surface area contributed by atoms with Crippen LogP contribution < -0.4 is 19.7 Å². The summed E-state index contributed by atoms with van der Waals surface area (Å²) in [7, 11) is -2.91. The van der Waals surface area contributed by atoms with E-state index in [2.05, 4.69) is 25.1 Å². The number of halogens is 3. The Morgan fingerprint density at radius 3 is 2.48 bits per heavy atom.